The molecule has 40 heavy (non-hydrogen) atoms. The Balaban J connectivity index is 1.58. The van der Waals surface area contributed by atoms with Gasteiger partial charge in [-0.3, -0.25) is 4.79 Å². The Kier molecular flexibility index (Phi) is 7.60. The summed E-state index contributed by atoms with van der Waals surface area (Å²) in [7, 11) is 0. The molecule has 14 heteroatoms. The number of phenols is 2. The third-order valence-corrected chi connectivity index (χ3v) is 6.78. The van der Waals surface area contributed by atoms with Crippen LogP contribution < -0.4 is 14.9 Å². The lowest BCUT2D eigenvalue weighted by Gasteiger charge is -2.38. The fraction of sp³-hybridized carbons (Fsp3) is 0.423. The van der Waals surface area contributed by atoms with Crippen molar-refractivity contribution in [2.24, 2.45) is 0 Å². The second kappa shape index (κ2) is 10.8. The molecule has 3 aromatic rings. The van der Waals surface area contributed by atoms with Crippen molar-refractivity contribution in [1.82, 2.24) is 0 Å². The van der Waals surface area contributed by atoms with E-state index in [2.05, 4.69) is 0 Å². The van der Waals surface area contributed by atoms with Gasteiger partial charge in [0.05, 0.1) is 12.7 Å². The van der Waals surface area contributed by atoms with E-state index in [1.807, 2.05) is 0 Å². The molecule has 216 valence electrons. The van der Waals surface area contributed by atoms with Gasteiger partial charge in [0, 0.05) is 17.7 Å². The molecule has 0 unspecified atom stereocenters. The Labute approximate surface area is 225 Å². The predicted octanol–water partition coefficient (Wildman–Crippen LogP) is -1.10. The number of phenolic OH excluding ortho intramolecular Hbond substituents is 2. The standard InChI is InChI=1S/C26H28O14/c1-9-17(30)20(33)22(35)26(37-9)38-12-6-13(28)16-15(7-12)39-23(10-2-4-11(27)5-3-10)24(19(16)32)40-25-21(34)18(31)14(29)8-36-25/h2-7,9,14,17-18,20-22,25-31,33-35H,8H2,1H3/t9-,14-,17-,18-,20-,21-,22+,25-,26+/m0/s1. The van der Waals surface area contributed by atoms with Gasteiger partial charge in [-0.1, -0.05) is 0 Å². The van der Waals surface area contributed by atoms with Crippen molar-refractivity contribution in [1.29, 1.82) is 0 Å². The summed E-state index contributed by atoms with van der Waals surface area (Å²) in [6.07, 6.45) is -13.3. The SMILES string of the molecule is C[C@@H]1O[C@H](Oc2cc(O)c3c(=O)c(O[C@@H]4OC[C@H](O)[C@H](O)[C@@H]4O)c(-c4ccc(O)cc4)oc3c2)[C@H](O)[C@@H](O)[C@H]1O. The molecule has 8 N–H and O–H groups in total. The quantitative estimate of drug-likeness (QED) is 0.184. The minimum Gasteiger partial charge on any atom is -0.508 e. The maximum Gasteiger partial charge on any atom is 0.239 e. The van der Waals surface area contributed by atoms with Crippen molar-refractivity contribution in [3.05, 3.63) is 46.6 Å². The van der Waals surface area contributed by atoms with Gasteiger partial charge in [-0.15, -0.1) is 0 Å². The summed E-state index contributed by atoms with van der Waals surface area (Å²) < 4.78 is 27.9. The van der Waals surface area contributed by atoms with Crippen LogP contribution in [0.5, 0.6) is 23.0 Å². The fourth-order valence-electron chi connectivity index (χ4n) is 4.48. The average molecular weight is 564 g/mol. The maximum absolute atomic E-state index is 13.6. The van der Waals surface area contributed by atoms with E-state index in [1.165, 1.54) is 37.3 Å². The second-order valence-electron chi connectivity index (χ2n) is 9.62. The van der Waals surface area contributed by atoms with Crippen LogP contribution in [0.15, 0.2) is 45.6 Å². The zero-order valence-corrected chi connectivity index (χ0v) is 20.9. The molecule has 2 aromatic carbocycles. The number of aromatic hydroxyl groups is 2. The molecule has 2 saturated heterocycles. The number of aliphatic hydroxyl groups is 6. The highest BCUT2D eigenvalue weighted by Crippen LogP contribution is 2.38. The van der Waals surface area contributed by atoms with Crippen molar-refractivity contribution in [3.8, 4) is 34.3 Å². The van der Waals surface area contributed by atoms with Crippen LogP contribution in [0.1, 0.15) is 6.92 Å². The zero-order chi connectivity index (χ0) is 28.9. The molecule has 2 aliphatic heterocycles. The molecule has 3 heterocycles. The van der Waals surface area contributed by atoms with Gasteiger partial charge in [0.1, 0.15) is 64.8 Å². The van der Waals surface area contributed by atoms with E-state index >= 15 is 0 Å². The molecule has 2 fully saturated rings. The van der Waals surface area contributed by atoms with Crippen molar-refractivity contribution >= 4 is 11.0 Å². The molecular weight excluding hydrogens is 536 g/mol. The van der Waals surface area contributed by atoms with Crippen LogP contribution in [0, 0.1) is 0 Å². The average Bonchev–Trinajstić information content (AvgIpc) is 2.92. The molecule has 0 radical (unpaired) electrons. The molecule has 1 aromatic heterocycles. The summed E-state index contributed by atoms with van der Waals surface area (Å²) in [6, 6.07) is 7.69. The van der Waals surface area contributed by atoms with Gasteiger partial charge in [-0.2, -0.15) is 0 Å². The highest BCUT2D eigenvalue weighted by atomic mass is 16.7. The Hall–Kier alpha value is -3.47. The van der Waals surface area contributed by atoms with E-state index in [0.717, 1.165) is 6.07 Å². The minimum absolute atomic E-state index is 0.0848. The van der Waals surface area contributed by atoms with Gasteiger partial charge in [-0.25, -0.2) is 0 Å². The highest BCUT2D eigenvalue weighted by molar-refractivity contribution is 5.88. The Morgan fingerprint density at radius 1 is 0.825 bits per heavy atom. The topological polar surface area (TPSA) is 229 Å². The van der Waals surface area contributed by atoms with Gasteiger partial charge < -0.3 is 64.2 Å². The van der Waals surface area contributed by atoms with Crippen LogP contribution >= 0.6 is 0 Å². The van der Waals surface area contributed by atoms with Crippen LogP contribution in [-0.4, -0.2) is 103 Å². The summed E-state index contributed by atoms with van der Waals surface area (Å²) in [4.78, 5) is 13.6. The number of hydrogen-bond donors (Lipinski definition) is 8. The molecule has 0 bridgehead atoms. The van der Waals surface area contributed by atoms with E-state index in [9.17, 15) is 45.6 Å². The van der Waals surface area contributed by atoms with Crippen LogP contribution in [0.3, 0.4) is 0 Å². The van der Waals surface area contributed by atoms with E-state index in [1.54, 1.807) is 0 Å². The summed E-state index contributed by atoms with van der Waals surface area (Å²) in [6.45, 7) is 1.06. The van der Waals surface area contributed by atoms with Crippen molar-refractivity contribution in [2.75, 3.05) is 6.61 Å². The molecule has 5 rings (SSSR count). The maximum atomic E-state index is 13.6. The lowest BCUT2D eigenvalue weighted by Crippen LogP contribution is -2.58. The number of aliphatic hydroxyl groups excluding tert-OH is 6. The monoisotopic (exact) mass is 564 g/mol. The molecule has 2 aliphatic rings. The van der Waals surface area contributed by atoms with Crippen LogP contribution in [0.4, 0.5) is 0 Å². The van der Waals surface area contributed by atoms with Crippen LogP contribution in [-0.2, 0) is 9.47 Å². The number of rotatable bonds is 5. The molecule has 0 spiro atoms. The first-order chi connectivity index (χ1) is 19.0. The Bertz CT molecular complexity index is 1420. The van der Waals surface area contributed by atoms with Crippen LogP contribution in [0.2, 0.25) is 0 Å². The highest BCUT2D eigenvalue weighted by Gasteiger charge is 2.43. The van der Waals surface area contributed by atoms with Gasteiger partial charge >= 0.3 is 0 Å². The largest absolute Gasteiger partial charge is 0.508 e. The number of hydrogen-bond acceptors (Lipinski definition) is 14. The van der Waals surface area contributed by atoms with E-state index in [0.29, 0.717) is 0 Å². The first-order valence-corrected chi connectivity index (χ1v) is 12.3. The first-order valence-electron chi connectivity index (χ1n) is 12.3. The first kappa shape index (κ1) is 28.1. The lowest BCUT2D eigenvalue weighted by molar-refractivity contribution is -0.268. The zero-order valence-electron chi connectivity index (χ0n) is 20.9. The van der Waals surface area contributed by atoms with Gasteiger partial charge in [0.2, 0.25) is 23.8 Å². The van der Waals surface area contributed by atoms with Crippen molar-refractivity contribution < 1.29 is 64.2 Å². The Morgan fingerprint density at radius 3 is 2.20 bits per heavy atom. The minimum atomic E-state index is -1.74. The van der Waals surface area contributed by atoms with Gasteiger partial charge in [0.25, 0.3) is 0 Å². The number of ether oxygens (including phenoxy) is 4. The second-order valence-corrected chi connectivity index (χ2v) is 9.62. The van der Waals surface area contributed by atoms with Gasteiger partial charge in [0.15, 0.2) is 5.76 Å². The molecule has 0 saturated carbocycles. The van der Waals surface area contributed by atoms with Crippen molar-refractivity contribution in [2.45, 2.75) is 62.2 Å². The van der Waals surface area contributed by atoms with Gasteiger partial charge in [-0.05, 0) is 31.2 Å². The summed E-state index contributed by atoms with van der Waals surface area (Å²) in [5.41, 5.74) is -0.860. The molecule has 9 atom stereocenters. The number of fused-ring (bicyclic) bond motifs is 1. The number of benzene rings is 2. The smallest absolute Gasteiger partial charge is 0.239 e. The van der Waals surface area contributed by atoms with E-state index < -0.39 is 78.8 Å². The summed E-state index contributed by atoms with van der Waals surface area (Å²) in [5, 5.41) is 80.5. The lowest BCUT2D eigenvalue weighted by atomic mass is 10.00. The summed E-state index contributed by atoms with van der Waals surface area (Å²) >= 11 is 0. The summed E-state index contributed by atoms with van der Waals surface area (Å²) in [5.74, 6) is -1.54. The molecular formula is C26H28O14. The van der Waals surface area contributed by atoms with Crippen molar-refractivity contribution in [3.63, 3.8) is 0 Å². The normalized spacial score (nSPS) is 32.6. The van der Waals surface area contributed by atoms with Crippen LogP contribution in [0.25, 0.3) is 22.3 Å². The molecule has 0 aliphatic carbocycles. The predicted molar refractivity (Wildman–Crippen MR) is 133 cm³/mol. The van der Waals surface area contributed by atoms with E-state index in [-0.39, 0.29) is 33.8 Å². The fourth-order valence-corrected chi connectivity index (χ4v) is 4.48. The molecule has 14 nitrogen and oxygen atoms in total. The van der Waals surface area contributed by atoms with E-state index in [4.69, 9.17) is 23.4 Å². The third-order valence-electron chi connectivity index (χ3n) is 6.78. The third kappa shape index (κ3) is 5.07. The Morgan fingerprint density at radius 2 is 1.50 bits per heavy atom. The molecule has 0 amide bonds.